The highest BCUT2D eigenvalue weighted by Gasteiger charge is 2.19. The van der Waals surface area contributed by atoms with Crippen LogP contribution in [0.15, 0.2) is 102 Å². The molecular formula is C26H21N5O2. The molecule has 0 fully saturated rings. The van der Waals surface area contributed by atoms with Gasteiger partial charge < -0.3 is 9.88 Å². The van der Waals surface area contributed by atoms with Gasteiger partial charge in [-0.05, 0) is 42.8 Å². The van der Waals surface area contributed by atoms with E-state index >= 15 is 0 Å². The molecule has 0 aliphatic rings. The number of benzene rings is 3. The Bertz CT molecular complexity index is 1470. The molecule has 162 valence electrons. The van der Waals surface area contributed by atoms with Crippen molar-refractivity contribution >= 4 is 16.7 Å². The standard InChI is InChI=1S/C26H21N5O2/c1-18(19-11-13-20(14-12-19)30-16-15-27-17-30)28-25(32)24-22-9-5-6-10-23(22)26(33)31(29-24)21-7-3-2-4-8-21/h2-18H,1H3,(H,28,32). The number of imidazole rings is 1. The van der Waals surface area contributed by atoms with Crippen molar-refractivity contribution in [1.29, 1.82) is 0 Å². The van der Waals surface area contributed by atoms with Crippen molar-refractivity contribution < 1.29 is 4.79 Å². The van der Waals surface area contributed by atoms with Crippen LogP contribution in [0.4, 0.5) is 0 Å². The molecule has 1 unspecified atom stereocenters. The van der Waals surface area contributed by atoms with Gasteiger partial charge in [-0.3, -0.25) is 9.59 Å². The molecule has 7 nitrogen and oxygen atoms in total. The van der Waals surface area contributed by atoms with Crippen LogP contribution >= 0.6 is 0 Å². The fourth-order valence-electron chi connectivity index (χ4n) is 3.80. The lowest BCUT2D eigenvalue weighted by Gasteiger charge is -2.16. The molecule has 1 amide bonds. The molecule has 0 spiro atoms. The summed E-state index contributed by atoms with van der Waals surface area (Å²) in [5.41, 5.74) is 2.48. The Balaban J connectivity index is 1.48. The number of hydrogen-bond donors (Lipinski definition) is 1. The van der Waals surface area contributed by atoms with Gasteiger partial charge in [0.05, 0.1) is 23.4 Å². The maximum atomic E-state index is 13.3. The van der Waals surface area contributed by atoms with Gasteiger partial charge in [0.15, 0.2) is 5.69 Å². The van der Waals surface area contributed by atoms with Crippen LogP contribution in [0.1, 0.15) is 29.0 Å². The number of para-hydroxylation sites is 1. The van der Waals surface area contributed by atoms with Gasteiger partial charge in [-0.1, -0.05) is 48.5 Å². The largest absolute Gasteiger partial charge is 0.344 e. The Kier molecular flexibility index (Phi) is 5.28. The van der Waals surface area contributed by atoms with Crippen LogP contribution in [0.2, 0.25) is 0 Å². The predicted molar refractivity (Wildman–Crippen MR) is 127 cm³/mol. The number of nitrogens with one attached hydrogen (secondary N) is 1. The summed E-state index contributed by atoms with van der Waals surface area (Å²) in [4.78, 5) is 30.4. The molecule has 0 saturated carbocycles. The third-order valence-corrected chi connectivity index (χ3v) is 5.56. The molecular weight excluding hydrogens is 414 g/mol. The van der Waals surface area contributed by atoms with Crippen LogP contribution in [-0.2, 0) is 0 Å². The topological polar surface area (TPSA) is 81.8 Å². The van der Waals surface area contributed by atoms with Gasteiger partial charge in [0.25, 0.3) is 11.5 Å². The first-order valence-electron chi connectivity index (χ1n) is 10.6. The second kappa shape index (κ2) is 8.55. The van der Waals surface area contributed by atoms with Crippen LogP contribution in [0.5, 0.6) is 0 Å². The minimum Gasteiger partial charge on any atom is -0.344 e. The van der Waals surface area contributed by atoms with E-state index in [9.17, 15) is 9.59 Å². The predicted octanol–water partition coefficient (Wildman–Crippen LogP) is 4.06. The first kappa shape index (κ1) is 20.4. The van der Waals surface area contributed by atoms with Crippen LogP contribution in [0.25, 0.3) is 22.1 Å². The third-order valence-electron chi connectivity index (χ3n) is 5.56. The number of fused-ring (bicyclic) bond motifs is 1. The Morgan fingerprint density at radius 2 is 1.58 bits per heavy atom. The fourth-order valence-corrected chi connectivity index (χ4v) is 3.80. The molecule has 0 radical (unpaired) electrons. The molecule has 1 N–H and O–H groups in total. The van der Waals surface area contributed by atoms with Crippen molar-refractivity contribution in [3.63, 3.8) is 0 Å². The molecule has 5 aromatic rings. The van der Waals surface area contributed by atoms with E-state index in [1.165, 1.54) is 4.68 Å². The monoisotopic (exact) mass is 435 g/mol. The molecule has 33 heavy (non-hydrogen) atoms. The van der Waals surface area contributed by atoms with E-state index in [0.29, 0.717) is 16.5 Å². The highest BCUT2D eigenvalue weighted by Crippen LogP contribution is 2.19. The van der Waals surface area contributed by atoms with E-state index in [4.69, 9.17) is 0 Å². The average molecular weight is 435 g/mol. The summed E-state index contributed by atoms with van der Waals surface area (Å²) < 4.78 is 3.19. The van der Waals surface area contributed by atoms with Crippen LogP contribution in [0.3, 0.4) is 0 Å². The van der Waals surface area contributed by atoms with Gasteiger partial charge in [-0.15, -0.1) is 0 Å². The number of rotatable bonds is 5. The van der Waals surface area contributed by atoms with Gasteiger partial charge in [0.2, 0.25) is 0 Å². The molecule has 0 aliphatic heterocycles. The molecule has 3 aromatic carbocycles. The number of aromatic nitrogens is 4. The average Bonchev–Trinajstić information content (AvgIpc) is 3.40. The Morgan fingerprint density at radius 3 is 2.27 bits per heavy atom. The zero-order valence-corrected chi connectivity index (χ0v) is 17.9. The maximum Gasteiger partial charge on any atom is 0.279 e. The fraction of sp³-hybridized carbons (Fsp3) is 0.0769. The molecule has 7 heteroatoms. The van der Waals surface area contributed by atoms with Gasteiger partial charge in [-0.25, -0.2) is 4.98 Å². The van der Waals surface area contributed by atoms with Crippen LogP contribution in [-0.4, -0.2) is 25.2 Å². The van der Waals surface area contributed by atoms with Crippen molar-refractivity contribution in [3.05, 3.63) is 119 Å². The first-order valence-corrected chi connectivity index (χ1v) is 10.6. The zero-order valence-electron chi connectivity index (χ0n) is 17.9. The molecule has 0 aliphatic carbocycles. The summed E-state index contributed by atoms with van der Waals surface area (Å²) >= 11 is 0. The Hall–Kier alpha value is -4.52. The van der Waals surface area contributed by atoms with Crippen LogP contribution in [0, 0.1) is 0 Å². The zero-order chi connectivity index (χ0) is 22.8. The van der Waals surface area contributed by atoms with E-state index in [2.05, 4.69) is 15.4 Å². The van der Waals surface area contributed by atoms with Crippen molar-refractivity contribution in [1.82, 2.24) is 24.6 Å². The van der Waals surface area contributed by atoms with E-state index in [1.807, 2.05) is 60.2 Å². The number of amides is 1. The molecule has 0 bridgehead atoms. The molecule has 2 aromatic heterocycles. The van der Waals surface area contributed by atoms with E-state index in [0.717, 1.165) is 11.3 Å². The van der Waals surface area contributed by atoms with Crippen molar-refractivity contribution in [3.8, 4) is 11.4 Å². The lowest BCUT2D eigenvalue weighted by atomic mass is 10.1. The number of hydrogen-bond acceptors (Lipinski definition) is 4. The number of nitrogens with zero attached hydrogens (tertiary/aromatic N) is 4. The summed E-state index contributed by atoms with van der Waals surface area (Å²) in [6.45, 7) is 1.92. The van der Waals surface area contributed by atoms with Gasteiger partial charge in [0, 0.05) is 23.5 Å². The highest BCUT2D eigenvalue weighted by atomic mass is 16.2. The van der Waals surface area contributed by atoms with Gasteiger partial charge in [0.1, 0.15) is 0 Å². The van der Waals surface area contributed by atoms with Crippen molar-refractivity contribution in [2.45, 2.75) is 13.0 Å². The van der Waals surface area contributed by atoms with Crippen molar-refractivity contribution in [2.24, 2.45) is 0 Å². The summed E-state index contributed by atoms with van der Waals surface area (Å²) in [6.07, 6.45) is 5.33. The normalized spacial score (nSPS) is 11.9. The summed E-state index contributed by atoms with van der Waals surface area (Å²) in [7, 11) is 0. The second-order valence-electron chi connectivity index (χ2n) is 7.70. The minimum absolute atomic E-state index is 0.205. The van der Waals surface area contributed by atoms with Gasteiger partial charge in [-0.2, -0.15) is 9.78 Å². The summed E-state index contributed by atoms with van der Waals surface area (Å²) in [5.74, 6) is -0.345. The maximum absolute atomic E-state index is 13.3. The SMILES string of the molecule is CC(NC(=O)c1nn(-c2ccccc2)c(=O)c2ccccc12)c1ccc(-n2ccnc2)cc1. The number of carbonyl (C=O) groups is 1. The van der Waals surface area contributed by atoms with E-state index in [1.54, 1.807) is 48.9 Å². The summed E-state index contributed by atoms with van der Waals surface area (Å²) in [6, 6.07) is 23.8. The Labute approximate surface area is 190 Å². The quantitative estimate of drug-likeness (QED) is 0.451. The van der Waals surface area contributed by atoms with E-state index < -0.39 is 0 Å². The molecule has 2 heterocycles. The molecule has 5 rings (SSSR count). The van der Waals surface area contributed by atoms with Crippen molar-refractivity contribution in [2.75, 3.05) is 0 Å². The smallest absolute Gasteiger partial charge is 0.279 e. The van der Waals surface area contributed by atoms with E-state index in [-0.39, 0.29) is 23.2 Å². The molecule has 0 saturated heterocycles. The Morgan fingerprint density at radius 1 is 0.879 bits per heavy atom. The first-order chi connectivity index (χ1) is 16.1. The minimum atomic E-state index is -0.345. The highest BCUT2D eigenvalue weighted by molar-refractivity contribution is 6.05. The summed E-state index contributed by atoms with van der Waals surface area (Å²) in [5, 5.41) is 8.43. The lowest BCUT2D eigenvalue weighted by molar-refractivity contribution is 0.0935. The van der Waals surface area contributed by atoms with Gasteiger partial charge >= 0.3 is 0 Å². The lowest BCUT2D eigenvalue weighted by Crippen LogP contribution is -2.31. The third kappa shape index (κ3) is 3.92. The second-order valence-corrected chi connectivity index (χ2v) is 7.70. The van der Waals surface area contributed by atoms with Crippen LogP contribution < -0.4 is 10.9 Å². The molecule has 1 atom stereocenters. The number of carbonyl (C=O) groups excluding carboxylic acids is 1.